The Bertz CT molecular complexity index is 956. The fraction of sp³-hybridized carbons (Fsp3) is 0.565. The standard InChI is InChI=1S/C23H29N5O4.ClH/c29-20-4-3-19(21(30)25-20)28-14-16-13-17(1-2-18(16)23(28)32)26-9-11-27(12-10-26)22(31)15-5-7-24-8-6-15;/h1-2,13,15,19,24H,3-12,14H2,(H,25,29,30);1H/t19-;/m0./s1. The van der Waals surface area contributed by atoms with E-state index in [-0.39, 0.29) is 42.5 Å². The highest BCUT2D eigenvalue weighted by atomic mass is 35.5. The molecule has 5 rings (SSSR count). The molecule has 0 saturated carbocycles. The lowest BCUT2D eigenvalue weighted by atomic mass is 9.96. The number of hydrogen-bond donors (Lipinski definition) is 2. The third-order valence-corrected chi connectivity index (χ3v) is 7.15. The quantitative estimate of drug-likeness (QED) is 0.618. The van der Waals surface area contributed by atoms with Gasteiger partial charge in [0.2, 0.25) is 17.7 Å². The lowest BCUT2D eigenvalue weighted by Gasteiger charge is -2.38. The summed E-state index contributed by atoms with van der Waals surface area (Å²) in [6.07, 6.45) is 2.45. The minimum atomic E-state index is -0.597. The topological polar surface area (TPSA) is 102 Å². The number of nitrogens with one attached hydrogen (secondary N) is 2. The number of hydrogen-bond acceptors (Lipinski definition) is 6. The zero-order valence-corrected chi connectivity index (χ0v) is 19.4. The van der Waals surface area contributed by atoms with Gasteiger partial charge in [0, 0.05) is 56.3 Å². The summed E-state index contributed by atoms with van der Waals surface area (Å²) in [5, 5.41) is 5.65. The number of anilines is 1. The lowest BCUT2D eigenvalue weighted by Crippen LogP contribution is -2.52. The van der Waals surface area contributed by atoms with Crippen molar-refractivity contribution in [2.75, 3.05) is 44.2 Å². The van der Waals surface area contributed by atoms with Crippen LogP contribution in [0.4, 0.5) is 5.69 Å². The number of halogens is 1. The molecule has 2 N–H and O–H groups in total. The molecule has 0 bridgehead atoms. The first kappa shape index (κ1) is 23.5. The van der Waals surface area contributed by atoms with Gasteiger partial charge in [0.25, 0.3) is 5.91 Å². The van der Waals surface area contributed by atoms with Gasteiger partial charge in [-0.3, -0.25) is 24.5 Å². The molecule has 9 nitrogen and oxygen atoms in total. The minimum Gasteiger partial charge on any atom is -0.368 e. The van der Waals surface area contributed by atoms with Crippen LogP contribution in [0, 0.1) is 5.92 Å². The number of piperazine rings is 1. The van der Waals surface area contributed by atoms with E-state index >= 15 is 0 Å². The monoisotopic (exact) mass is 475 g/mol. The van der Waals surface area contributed by atoms with Gasteiger partial charge in [-0.1, -0.05) is 0 Å². The molecule has 178 valence electrons. The van der Waals surface area contributed by atoms with E-state index in [9.17, 15) is 19.2 Å². The van der Waals surface area contributed by atoms with Crippen LogP contribution in [0.5, 0.6) is 0 Å². The predicted octanol–water partition coefficient (Wildman–Crippen LogP) is 0.518. The van der Waals surface area contributed by atoms with Crippen molar-refractivity contribution in [2.24, 2.45) is 5.92 Å². The molecular weight excluding hydrogens is 446 g/mol. The Morgan fingerprint density at radius 1 is 0.970 bits per heavy atom. The zero-order valence-electron chi connectivity index (χ0n) is 18.5. The van der Waals surface area contributed by atoms with Crippen molar-refractivity contribution < 1.29 is 19.2 Å². The van der Waals surface area contributed by atoms with E-state index in [2.05, 4.69) is 15.5 Å². The molecule has 0 radical (unpaired) electrons. The zero-order chi connectivity index (χ0) is 22.2. The molecule has 10 heteroatoms. The van der Waals surface area contributed by atoms with E-state index < -0.39 is 11.9 Å². The van der Waals surface area contributed by atoms with Crippen molar-refractivity contribution >= 4 is 41.7 Å². The summed E-state index contributed by atoms with van der Waals surface area (Å²) in [5.41, 5.74) is 2.57. The number of carbonyl (C=O) groups is 4. The SMILES string of the molecule is Cl.O=C1CC[C@H](N2Cc3cc(N4CCN(C(=O)C5CCNCC5)CC4)ccc3C2=O)C(=O)N1. The van der Waals surface area contributed by atoms with E-state index in [0.29, 0.717) is 31.6 Å². The summed E-state index contributed by atoms with van der Waals surface area (Å²) in [4.78, 5) is 55.2. The summed E-state index contributed by atoms with van der Waals surface area (Å²) in [5.74, 6) is -0.399. The average Bonchev–Trinajstić information content (AvgIpc) is 3.15. The second-order valence-corrected chi connectivity index (χ2v) is 9.08. The van der Waals surface area contributed by atoms with Gasteiger partial charge >= 0.3 is 0 Å². The fourth-order valence-electron chi connectivity index (χ4n) is 5.27. The van der Waals surface area contributed by atoms with Gasteiger partial charge < -0.3 is 20.0 Å². The molecule has 4 amide bonds. The van der Waals surface area contributed by atoms with Gasteiger partial charge in [-0.05, 0) is 56.1 Å². The highest BCUT2D eigenvalue weighted by Gasteiger charge is 2.39. The summed E-state index contributed by atoms with van der Waals surface area (Å²) in [7, 11) is 0. The van der Waals surface area contributed by atoms with Gasteiger partial charge in [0.1, 0.15) is 6.04 Å². The normalized spacial score (nSPS) is 23.8. The number of nitrogens with zero attached hydrogens (tertiary/aromatic N) is 3. The number of amides is 4. The molecule has 33 heavy (non-hydrogen) atoms. The van der Waals surface area contributed by atoms with Crippen LogP contribution in [0.1, 0.15) is 41.6 Å². The molecule has 4 aliphatic rings. The highest BCUT2D eigenvalue weighted by molar-refractivity contribution is 6.05. The second-order valence-electron chi connectivity index (χ2n) is 9.08. The average molecular weight is 476 g/mol. The number of carbonyl (C=O) groups excluding carboxylic acids is 4. The summed E-state index contributed by atoms with van der Waals surface area (Å²) in [6.45, 7) is 5.16. The van der Waals surface area contributed by atoms with Gasteiger partial charge in [-0.25, -0.2) is 0 Å². The van der Waals surface area contributed by atoms with E-state index in [1.165, 1.54) is 0 Å². The lowest BCUT2D eigenvalue weighted by molar-refractivity contribution is -0.137. The molecule has 1 aromatic rings. The number of fused-ring (bicyclic) bond motifs is 1. The molecule has 0 aliphatic carbocycles. The maximum atomic E-state index is 12.9. The Morgan fingerprint density at radius 3 is 2.39 bits per heavy atom. The van der Waals surface area contributed by atoms with Gasteiger partial charge in [0.15, 0.2) is 0 Å². The largest absolute Gasteiger partial charge is 0.368 e. The van der Waals surface area contributed by atoms with E-state index in [1.807, 2.05) is 23.1 Å². The van der Waals surface area contributed by atoms with E-state index in [0.717, 1.165) is 50.3 Å². The molecule has 0 unspecified atom stereocenters. The van der Waals surface area contributed by atoms with Crippen LogP contribution in [0.2, 0.25) is 0 Å². The summed E-state index contributed by atoms with van der Waals surface area (Å²) in [6, 6.07) is 5.23. The summed E-state index contributed by atoms with van der Waals surface area (Å²) >= 11 is 0. The van der Waals surface area contributed by atoms with Crippen molar-refractivity contribution in [1.29, 1.82) is 0 Å². The Kier molecular flexibility index (Phi) is 6.90. The maximum Gasteiger partial charge on any atom is 0.255 e. The Labute approximate surface area is 199 Å². The molecule has 3 fully saturated rings. The van der Waals surface area contributed by atoms with Crippen LogP contribution in [-0.4, -0.2) is 78.7 Å². The van der Waals surface area contributed by atoms with Gasteiger partial charge in [-0.2, -0.15) is 0 Å². The van der Waals surface area contributed by atoms with Gasteiger partial charge in [0.05, 0.1) is 0 Å². The van der Waals surface area contributed by atoms with E-state index in [1.54, 1.807) is 4.90 Å². The van der Waals surface area contributed by atoms with Crippen molar-refractivity contribution in [3.8, 4) is 0 Å². The first-order chi connectivity index (χ1) is 15.5. The van der Waals surface area contributed by atoms with Crippen LogP contribution in [0.15, 0.2) is 18.2 Å². The second kappa shape index (κ2) is 9.69. The Hall–Kier alpha value is -2.65. The Morgan fingerprint density at radius 2 is 1.70 bits per heavy atom. The first-order valence-corrected chi connectivity index (χ1v) is 11.5. The fourth-order valence-corrected chi connectivity index (χ4v) is 5.27. The molecule has 1 aromatic carbocycles. The van der Waals surface area contributed by atoms with Crippen molar-refractivity contribution in [3.05, 3.63) is 29.3 Å². The van der Waals surface area contributed by atoms with E-state index in [4.69, 9.17) is 0 Å². The molecule has 3 saturated heterocycles. The summed E-state index contributed by atoms with van der Waals surface area (Å²) < 4.78 is 0. The molecular formula is C23H30ClN5O4. The third-order valence-electron chi connectivity index (χ3n) is 7.15. The van der Waals surface area contributed by atoms with Gasteiger partial charge in [-0.15, -0.1) is 12.4 Å². The van der Waals surface area contributed by atoms with Crippen molar-refractivity contribution in [3.63, 3.8) is 0 Å². The van der Waals surface area contributed by atoms with Crippen LogP contribution in [-0.2, 0) is 20.9 Å². The Balaban J connectivity index is 0.00000259. The number of benzene rings is 1. The maximum absolute atomic E-state index is 12.9. The van der Waals surface area contributed by atoms with Crippen LogP contribution >= 0.6 is 12.4 Å². The first-order valence-electron chi connectivity index (χ1n) is 11.5. The minimum absolute atomic E-state index is 0. The van der Waals surface area contributed by atoms with Crippen LogP contribution in [0.3, 0.4) is 0 Å². The van der Waals surface area contributed by atoms with Crippen LogP contribution < -0.4 is 15.5 Å². The van der Waals surface area contributed by atoms with Crippen LogP contribution in [0.25, 0.3) is 0 Å². The molecule has 4 heterocycles. The molecule has 1 atom stereocenters. The molecule has 0 spiro atoms. The van der Waals surface area contributed by atoms with Crippen molar-refractivity contribution in [2.45, 2.75) is 38.3 Å². The van der Waals surface area contributed by atoms with Crippen molar-refractivity contribution in [1.82, 2.24) is 20.4 Å². The predicted molar refractivity (Wildman–Crippen MR) is 124 cm³/mol. The number of rotatable bonds is 3. The molecule has 0 aromatic heterocycles. The number of imide groups is 1. The number of piperidine rings is 2. The molecule has 4 aliphatic heterocycles. The smallest absolute Gasteiger partial charge is 0.255 e. The third kappa shape index (κ3) is 4.56. The highest BCUT2D eigenvalue weighted by Crippen LogP contribution is 2.31.